The van der Waals surface area contributed by atoms with Crippen LogP contribution in [0.4, 0.5) is 8.78 Å². The summed E-state index contributed by atoms with van der Waals surface area (Å²) in [5.41, 5.74) is 9.06. The highest BCUT2D eigenvalue weighted by Gasteiger charge is 2.27. The van der Waals surface area contributed by atoms with Gasteiger partial charge in [0, 0.05) is 33.7 Å². The number of benzene rings is 5. The summed E-state index contributed by atoms with van der Waals surface area (Å²) in [6.07, 6.45) is 0. The van der Waals surface area contributed by atoms with E-state index in [4.69, 9.17) is 9.97 Å². The first kappa shape index (κ1) is 35.9. The Bertz CT molecular complexity index is 2490. The molecule has 0 atom stereocenters. The van der Waals surface area contributed by atoms with E-state index in [1.165, 1.54) is 22.3 Å². The van der Waals surface area contributed by atoms with Crippen LogP contribution in [0.25, 0.3) is 66.3 Å². The quantitative estimate of drug-likeness (QED) is 0.178. The Morgan fingerprint density at radius 3 is 0.833 bits per heavy atom. The lowest BCUT2D eigenvalue weighted by atomic mass is 9.85. The molecule has 8 rings (SSSR count). The molecule has 6 heteroatoms. The van der Waals surface area contributed by atoms with Crippen molar-refractivity contribution in [2.24, 2.45) is 0 Å². The summed E-state index contributed by atoms with van der Waals surface area (Å²) in [6, 6.07) is 28.9. The van der Waals surface area contributed by atoms with Crippen LogP contribution < -0.4 is 0 Å². The summed E-state index contributed by atoms with van der Waals surface area (Å²) >= 11 is 0. The molecule has 5 aromatic carbocycles. The average Bonchev–Trinajstić information content (AvgIpc) is 3.58. The summed E-state index contributed by atoms with van der Waals surface area (Å²) in [7, 11) is 0. The summed E-state index contributed by atoms with van der Waals surface area (Å²) < 4.78 is 34.2. The van der Waals surface area contributed by atoms with Crippen molar-refractivity contribution in [1.82, 2.24) is 19.1 Å². The van der Waals surface area contributed by atoms with Gasteiger partial charge in [0.25, 0.3) is 0 Å². The third-order valence-electron chi connectivity index (χ3n) is 11.1. The number of halogens is 2. The van der Waals surface area contributed by atoms with Gasteiger partial charge in [0.15, 0.2) is 23.3 Å². The second-order valence-electron chi connectivity index (χ2n) is 19.2. The Morgan fingerprint density at radius 1 is 0.370 bits per heavy atom. The van der Waals surface area contributed by atoms with E-state index < -0.39 is 11.6 Å². The van der Waals surface area contributed by atoms with Crippen molar-refractivity contribution in [2.75, 3.05) is 0 Å². The van der Waals surface area contributed by atoms with Crippen molar-refractivity contribution in [1.29, 1.82) is 0 Å². The number of rotatable bonds is 2. The second-order valence-corrected chi connectivity index (χ2v) is 19.2. The van der Waals surface area contributed by atoms with Gasteiger partial charge in [-0.25, -0.2) is 18.7 Å². The van der Waals surface area contributed by atoms with Crippen LogP contribution in [0.3, 0.4) is 0 Å². The molecule has 0 radical (unpaired) electrons. The van der Waals surface area contributed by atoms with Crippen molar-refractivity contribution in [3.63, 3.8) is 0 Å². The van der Waals surface area contributed by atoms with Gasteiger partial charge >= 0.3 is 0 Å². The fourth-order valence-corrected chi connectivity index (χ4v) is 7.70. The maximum Gasteiger partial charge on any atom is 0.182 e. The van der Waals surface area contributed by atoms with E-state index in [2.05, 4.69) is 165 Å². The Hall–Kier alpha value is -5.10. The van der Waals surface area contributed by atoms with Crippen molar-refractivity contribution in [3.05, 3.63) is 119 Å². The fraction of sp³-hybridized carbons (Fsp3) is 0.333. The lowest BCUT2D eigenvalue weighted by Gasteiger charge is -2.20. The summed E-state index contributed by atoms with van der Waals surface area (Å²) in [5.74, 6) is -0.828. The first-order valence-electron chi connectivity index (χ1n) is 19.0. The minimum atomic E-state index is -0.955. The molecule has 0 aliphatic rings. The third kappa shape index (κ3) is 5.77. The molecule has 0 fully saturated rings. The van der Waals surface area contributed by atoms with Crippen LogP contribution in [0.2, 0.25) is 0 Å². The van der Waals surface area contributed by atoms with Crippen LogP contribution in [0.5, 0.6) is 0 Å². The van der Waals surface area contributed by atoms with Crippen molar-refractivity contribution >= 4 is 54.6 Å². The highest BCUT2D eigenvalue weighted by atomic mass is 19.2. The summed E-state index contributed by atoms with van der Waals surface area (Å²) in [5, 5.41) is 4.42. The number of aromatic nitrogens is 4. The maximum atomic E-state index is 14.9. The van der Waals surface area contributed by atoms with Gasteiger partial charge in [-0.2, -0.15) is 0 Å². The van der Waals surface area contributed by atoms with E-state index in [0.29, 0.717) is 11.6 Å². The molecule has 4 nitrogen and oxygen atoms in total. The minimum Gasteiger partial charge on any atom is -0.291 e. The summed E-state index contributed by atoms with van der Waals surface area (Å²) in [4.78, 5) is 10.4. The molecule has 3 aromatic heterocycles. The topological polar surface area (TPSA) is 35.6 Å². The smallest absolute Gasteiger partial charge is 0.182 e. The normalized spacial score (nSPS) is 13.4. The standard InChI is InChI=1S/C48H50F2N4/c1-45(2,3)27-13-17-39-31(21-27)32-22-28(46(4,5)6)14-18-40(32)53(39)43-44(52-38-26-36(50)35(49)25-37(38)51-43)54-41-19-15-29(47(7,8)9)23-33(41)34-24-30(48(10,11)12)16-20-42(34)54/h13-26H,1-12H3. The molecule has 0 amide bonds. The Labute approximate surface area is 316 Å². The van der Waals surface area contributed by atoms with E-state index in [1.807, 2.05) is 0 Å². The van der Waals surface area contributed by atoms with Gasteiger partial charge < -0.3 is 0 Å². The fourth-order valence-electron chi connectivity index (χ4n) is 7.70. The van der Waals surface area contributed by atoms with Gasteiger partial charge in [0.05, 0.1) is 33.1 Å². The van der Waals surface area contributed by atoms with E-state index in [9.17, 15) is 8.78 Å². The van der Waals surface area contributed by atoms with Gasteiger partial charge in [0.2, 0.25) is 0 Å². The van der Waals surface area contributed by atoms with Crippen LogP contribution in [-0.2, 0) is 21.7 Å². The van der Waals surface area contributed by atoms with Gasteiger partial charge in [-0.15, -0.1) is 0 Å². The van der Waals surface area contributed by atoms with Gasteiger partial charge in [-0.3, -0.25) is 9.13 Å². The molecule has 0 unspecified atom stereocenters. The predicted molar refractivity (Wildman–Crippen MR) is 223 cm³/mol. The first-order valence-corrected chi connectivity index (χ1v) is 19.0. The molecule has 0 spiro atoms. The zero-order chi connectivity index (χ0) is 38.9. The van der Waals surface area contributed by atoms with Crippen LogP contribution in [0.1, 0.15) is 105 Å². The molecule has 0 saturated heterocycles. The van der Waals surface area contributed by atoms with Gasteiger partial charge in [-0.1, -0.05) is 107 Å². The Balaban J connectivity index is 1.56. The predicted octanol–water partition coefficient (Wildman–Crippen LogP) is 13.3. The molecular formula is C48H50F2N4. The zero-order valence-electron chi connectivity index (χ0n) is 33.6. The molecule has 0 aliphatic heterocycles. The molecule has 0 bridgehead atoms. The van der Waals surface area contributed by atoms with E-state index in [-0.39, 0.29) is 32.7 Å². The highest BCUT2D eigenvalue weighted by molar-refractivity contribution is 6.12. The second kappa shape index (κ2) is 11.7. The van der Waals surface area contributed by atoms with Gasteiger partial charge in [0.1, 0.15) is 0 Å². The lowest BCUT2D eigenvalue weighted by Crippen LogP contribution is -2.12. The molecule has 0 saturated carbocycles. The maximum absolute atomic E-state index is 14.9. The monoisotopic (exact) mass is 720 g/mol. The molecular weight excluding hydrogens is 671 g/mol. The highest BCUT2D eigenvalue weighted by Crippen LogP contribution is 2.42. The molecule has 3 heterocycles. The van der Waals surface area contributed by atoms with E-state index in [1.54, 1.807) is 0 Å². The van der Waals surface area contributed by atoms with Gasteiger partial charge in [-0.05, 0) is 92.4 Å². The Morgan fingerprint density at radius 2 is 0.611 bits per heavy atom. The minimum absolute atomic E-state index is 0.0689. The number of hydrogen-bond donors (Lipinski definition) is 0. The van der Waals surface area contributed by atoms with E-state index >= 15 is 0 Å². The average molecular weight is 721 g/mol. The zero-order valence-corrected chi connectivity index (χ0v) is 33.6. The molecule has 0 N–H and O–H groups in total. The van der Waals surface area contributed by atoms with E-state index in [0.717, 1.165) is 55.7 Å². The number of hydrogen-bond acceptors (Lipinski definition) is 2. The van der Waals surface area contributed by atoms with Crippen LogP contribution in [0.15, 0.2) is 84.9 Å². The largest absolute Gasteiger partial charge is 0.291 e. The third-order valence-corrected chi connectivity index (χ3v) is 11.1. The van der Waals surface area contributed by atoms with Crippen molar-refractivity contribution in [2.45, 2.75) is 105 Å². The number of fused-ring (bicyclic) bond motifs is 7. The van der Waals surface area contributed by atoms with Crippen LogP contribution in [-0.4, -0.2) is 19.1 Å². The summed E-state index contributed by atoms with van der Waals surface area (Å²) in [6.45, 7) is 26.7. The van der Waals surface area contributed by atoms with Crippen molar-refractivity contribution in [3.8, 4) is 11.6 Å². The number of nitrogens with zero attached hydrogens (tertiary/aromatic N) is 4. The first-order chi connectivity index (χ1) is 25.1. The lowest BCUT2D eigenvalue weighted by molar-refractivity contribution is 0.510. The Kier molecular flexibility index (Phi) is 7.78. The molecule has 8 aromatic rings. The van der Waals surface area contributed by atoms with Crippen LogP contribution in [0, 0.1) is 11.6 Å². The molecule has 54 heavy (non-hydrogen) atoms. The van der Waals surface area contributed by atoms with Crippen LogP contribution >= 0.6 is 0 Å². The molecule has 276 valence electrons. The molecule has 0 aliphatic carbocycles. The van der Waals surface area contributed by atoms with Crippen molar-refractivity contribution < 1.29 is 8.78 Å². The SMILES string of the molecule is CC(C)(C)c1ccc2c(c1)c1cc(C(C)(C)C)ccc1n2-c1nc2cc(F)c(F)cc2nc1-n1c2ccc(C(C)(C)C)cc2c2cc(C(C)(C)C)ccc21.